The summed E-state index contributed by atoms with van der Waals surface area (Å²) in [5.41, 5.74) is 0.963. The molecule has 0 aromatic heterocycles. The van der Waals surface area contributed by atoms with Gasteiger partial charge in [0, 0.05) is 32.1 Å². The molecule has 0 saturated carbocycles. The van der Waals surface area contributed by atoms with Crippen LogP contribution in [0.1, 0.15) is 6.92 Å². The predicted molar refractivity (Wildman–Crippen MR) is 88.9 cm³/mol. The summed E-state index contributed by atoms with van der Waals surface area (Å²) in [5, 5.41) is 0.699. The fourth-order valence-electron chi connectivity index (χ4n) is 2.42. The minimum Gasteiger partial charge on any atom is -0.368 e. The molecule has 0 bridgehead atoms. The average molecular weight is 351 g/mol. The summed E-state index contributed by atoms with van der Waals surface area (Å²) in [6.07, 6.45) is 0. The number of rotatable bonds is 5. The maximum Gasteiger partial charge on any atom is 0.214 e. The minimum absolute atomic E-state index is 0.0294. The van der Waals surface area contributed by atoms with Gasteiger partial charge < -0.3 is 4.90 Å². The molecular weight excluding hydrogens is 331 g/mol. The van der Waals surface area contributed by atoms with Crippen LogP contribution in [0.25, 0.3) is 0 Å². The van der Waals surface area contributed by atoms with Gasteiger partial charge >= 0.3 is 0 Å². The molecule has 1 aromatic rings. The highest BCUT2D eigenvalue weighted by Crippen LogP contribution is 2.26. The van der Waals surface area contributed by atoms with Crippen LogP contribution in [0.15, 0.2) is 24.3 Å². The average Bonchev–Trinajstić information content (AvgIpc) is 2.47. The third-order valence-corrected chi connectivity index (χ3v) is 6.57. The van der Waals surface area contributed by atoms with Crippen LogP contribution in [-0.2, 0) is 10.0 Å². The molecule has 7 heteroatoms. The van der Waals surface area contributed by atoms with Gasteiger partial charge in [0.15, 0.2) is 0 Å². The fraction of sp³-hybridized carbons (Fsp3) is 0.571. The number of sulfonamides is 1. The van der Waals surface area contributed by atoms with Crippen molar-refractivity contribution in [3.8, 4) is 0 Å². The maximum absolute atomic E-state index is 12.3. The number of benzene rings is 1. The second-order valence-corrected chi connectivity index (χ2v) is 8.10. The summed E-state index contributed by atoms with van der Waals surface area (Å²) >= 11 is 11.9. The van der Waals surface area contributed by atoms with Crippen LogP contribution in [0.3, 0.4) is 0 Å². The van der Waals surface area contributed by atoms with Gasteiger partial charge in [0.1, 0.15) is 0 Å². The normalized spacial score (nSPS) is 18.7. The number of alkyl halides is 1. The molecule has 1 saturated heterocycles. The largest absolute Gasteiger partial charge is 0.368 e. The molecule has 1 heterocycles. The fourth-order valence-corrected chi connectivity index (χ4v) is 4.69. The Morgan fingerprint density at radius 1 is 1.19 bits per heavy atom. The van der Waals surface area contributed by atoms with Crippen molar-refractivity contribution in [1.82, 2.24) is 4.31 Å². The van der Waals surface area contributed by atoms with Crippen LogP contribution in [-0.4, -0.2) is 50.5 Å². The monoisotopic (exact) mass is 350 g/mol. The van der Waals surface area contributed by atoms with Crippen LogP contribution >= 0.6 is 23.2 Å². The van der Waals surface area contributed by atoms with Crippen molar-refractivity contribution in [3.63, 3.8) is 0 Å². The maximum atomic E-state index is 12.3. The Balaban J connectivity index is 1.99. The van der Waals surface area contributed by atoms with E-state index in [4.69, 9.17) is 23.2 Å². The van der Waals surface area contributed by atoms with E-state index >= 15 is 0 Å². The van der Waals surface area contributed by atoms with Gasteiger partial charge in [-0.25, -0.2) is 8.42 Å². The molecule has 1 atom stereocenters. The van der Waals surface area contributed by atoms with E-state index in [-0.39, 0.29) is 11.7 Å². The van der Waals surface area contributed by atoms with Gasteiger partial charge in [-0.15, -0.1) is 11.6 Å². The number of hydrogen-bond acceptors (Lipinski definition) is 3. The van der Waals surface area contributed by atoms with Gasteiger partial charge in [-0.3, -0.25) is 0 Å². The summed E-state index contributed by atoms with van der Waals surface area (Å²) in [6, 6.07) is 7.64. The molecule has 0 amide bonds. The molecule has 1 aromatic carbocycles. The van der Waals surface area contributed by atoms with Crippen LogP contribution in [0.4, 0.5) is 5.69 Å². The first-order chi connectivity index (χ1) is 9.94. The summed E-state index contributed by atoms with van der Waals surface area (Å²) in [4.78, 5) is 2.12. The second-order valence-electron chi connectivity index (χ2n) is 5.38. The highest BCUT2D eigenvalue weighted by atomic mass is 35.5. The number of nitrogens with zero attached hydrogens (tertiary/aromatic N) is 2. The molecule has 0 spiro atoms. The molecule has 118 valence electrons. The van der Waals surface area contributed by atoms with Crippen molar-refractivity contribution in [1.29, 1.82) is 0 Å². The quantitative estimate of drug-likeness (QED) is 0.766. The predicted octanol–water partition coefficient (Wildman–Crippen LogP) is 2.67. The van der Waals surface area contributed by atoms with Gasteiger partial charge in [0.05, 0.1) is 16.5 Å². The van der Waals surface area contributed by atoms with Crippen molar-refractivity contribution in [3.05, 3.63) is 29.3 Å². The van der Waals surface area contributed by atoms with E-state index in [1.54, 1.807) is 4.31 Å². The molecule has 1 fully saturated rings. The standard InChI is InChI=1S/C14H20Cl2N2O2S/c1-12(10-15)11-21(19,20)18-8-6-17(7-9-18)14-5-3-2-4-13(14)16/h2-5,12H,6-11H2,1H3. The van der Waals surface area contributed by atoms with E-state index in [0.29, 0.717) is 37.1 Å². The Labute approximate surface area is 136 Å². The lowest BCUT2D eigenvalue weighted by Gasteiger charge is -2.36. The van der Waals surface area contributed by atoms with Gasteiger partial charge in [-0.2, -0.15) is 4.31 Å². The Morgan fingerprint density at radius 2 is 1.81 bits per heavy atom. The number of halogens is 2. The van der Waals surface area contributed by atoms with Gasteiger partial charge in [-0.1, -0.05) is 30.7 Å². The van der Waals surface area contributed by atoms with Crippen LogP contribution < -0.4 is 4.90 Å². The van der Waals surface area contributed by atoms with Crippen LogP contribution in [0, 0.1) is 5.92 Å². The minimum atomic E-state index is -3.22. The lowest BCUT2D eigenvalue weighted by Crippen LogP contribution is -2.49. The molecule has 0 N–H and O–H groups in total. The first-order valence-corrected chi connectivity index (χ1v) is 9.49. The third kappa shape index (κ3) is 4.25. The summed E-state index contributed by atoms with van der Waals surface area (Å²) in [7, 11) is -3.22. The smallest absolute Gasteiger partial charge is 0.214 e. The Kier molecular flexibility index (Phi) is 5.77. The van der Waals surface area contributed by atoms with Crippen molar-refractivity contribution in [2.45, 2.75) is 6.92 Å². The first kappa shape index (κ1) is 16.9. The SMILES string of the molecule is CC(CCl)CS(=O)(=O)N1CCN(c2ccccc2Cl)CC1. The molecule has 1 aliphatic rings. The third-order valence-electron chi connectivity index (χ3n) is 3.58. The zero-order chi connectivity index (χ0) is 15.5. The van der Waals surface area contributed by atoms with Gasteiger partial charge in [0.25, 0.3) is 0 Å². The summed E-state index contributed by atoms with van der Waals surface area (Å²) in [6.45, 7) is 4.13. The van der Waals surface area contributed by atoms with Gasteiger partial charge in [-0.05, 0) is 18.1 Å². The van der Waals surface area contributed by atoms with Crippen molar-refractivity contribution in [2.24, 2.45) is 5.92 Å². The lowest BCUT2D eigenvalue weighted by atomic mass is 10.2. The first-order valence-electron chi connectivity index (χ1n) is 6.97. The van der Waals surface area contributed by atoms with E-state index in [2.05, 4.69) is 4.90 Å². The van der Waals surface area contributed by atoms with E-state index in [0.717, 1.165) is 5.69 Å². The van der Waals surface area contributed by atoms with Gasteiger partial charge in [0.2, 0.25) is 10.0 Å². The van der Waals surface area contributed by atoms with E-state index in [1.807, 2.05) is 31.2 Å². The van der Waals surface area contributed by atoms with Crippen LogP contribution in [0.2, 0.25) is 5.02 Å². The number of para-hydroxylation sites is 1. The van der Waals surface area contributed by atoms with Crippen LogP contribution in [0.5, 0.6) is 0 Å². The molecule has 1 aliphatic heterocycles. The Bertz CT molecular complexity index is 572. The van der Waals surface area contributed by atoms with E-state index in [9.17, 15) is 8.42 Å². The molecular formula is C14H20Cl2N2O2S. The van der Waals surface area contributed by atoms with E-state index in [1.165, 1.54) is 0 Å². The zero-order valence-corrected chi connectivity index (χ0v) is 14.3. The molecule has 4 nitrogen and oxygen atoms in total. The number of piperazine rings is 1. The Hall–Kier alpha value is -0.490. The highest BCUT2D eigenvalue weighted by molar-refractivity contribution is 7.89. The molecule has 0 radical (unpaired) electrons. The summed E-state index contributed by atoms with van der Waals surface area (Å²) in [5.74, 6) is 0.444. The zero-order valence-electron chi connectivity index (χ0n) is 12.0. The molecule has 1 unspecified atom stereocenters. The van der Waals surface area contributed by atoms with Crippen molar-refractivity contribution < 1.29 is 8.42 Å². The molecule has 0 aliphatic carbocycles. The second kappa shape index (κ2) is 7.18. The highest BCUT2D eigenvalue weighted by Gasteiger charge is 2.28. The summed E-state index contributed by atoms with van der Waals surface area (Å²) < 4.78 is 26.1. The lowest BCUT2D eigenvalue weighted by molar-refractivity contribution is 0.382. The molecule has 2 rings (SSSR count). The number of hydrogen-bond donors (Lipinski definition) is 0. The Morgan fingerprint density at radius 3 is 2.38 bits per heavy atom. The topological polar surface area (TPSA) is 40.6 Å². The number of anilines is 1. The van der Waals surface area contributed by atoms with Crippen molar-refractivity contribution in [2.75, 3.05) is 42.7 Å². The van der Waals surface area contributed by atoms with Crippen molar-refractivity contribution >= 4 is 38.9 Å². The molecule has 21 heavy (non-hydrogen) atoms. The van der Waals surface area contributed by atoms with E-state index < -0.39 is 10.0 Å².